The molecule has 0 aliphatic carbocycles. The van der Waals surface area contributed by atoms with Crippen molar-refractivity contribution in [1.82, 2.24) is 16.0 Å². The van der Waals surface area contributed by atoms with Crippen molar-refractivity contribution in [3.05, 3.63) is 35.9 Å². The Morgan fingerprint density at radius 2 is 1.47 bits per heavy atom. The number of carboxylic acid groups (broad SMARTS) is 1. The summed E-state index contributed by atoms with van der Waals surface area (Å²) < 4.78 is 0. The minimum Gasteiger partial charge on any atom is -0.480 e. The van der Waals surface area contributed by atoms with Gasteiger partial charge in [0.2, 0.25) is 17.7 Å². The molecule has 9 heteroatoms. The fraction of sp³-hybridized carbons (Fsp3) is 0.524. The SMILES string of the molecule is CCC(C)C(N)C(=O)NC(C)C(=O)NC(Cc1ccccc1)C(=O)NC(C)C(=O)O. The van der Waals surface area contributed by atoms with Crippen LogP contribution < -0.4 is 21.7 Å². The summed E-state index contributed by atoms with van der Waals surface area (Å²) in [5.41, 5.74) is 6.68. The van der Waals surface area contributed by atoms with Gasteiger partial charge >= 0.3 is 5.97 Å². The molecule has 5 atom stereocenters. The van der Waals surface area contributed by atoms with Crippen LogP contribution in [-0.2, 0) is 25.6 Å². The van der Waals surface area contributed by atoms with Gasteiger partial charge in [0.05, 0.1) is 6.04 Å². The van der Waals surface area contributed by atoms with Crippen molar-refractivity contribution < 1.29 is 24.3 Å². The van der Waals surface area contributed by atoms with Gasteiger partial charge in [0.25, 0.3) is 0 Å². The first-order valence-electron chi connectivity index (χ1n) is 10.00. The van der Waals surface area contributed by atoms with E-state index >= 15 is 0 Å². The summed E-state index contributed by atoms with van der Waals surface area (Å²) in [4.78, 5) is 48.5. The fourth-order valence-electron chi connectivity index (χ4n) is 2.62. The van der Waals surface area contributed by atoms with E-state index in [2.05, 4.69) is 16.0 Å². The second kappa shape index (κ2) is 11.9. The molecule has 0 aliphatic rings. The van der Waals surface area contributed by atoms with Crippen molar-refractivity contribution >= 4 is 23.7 Å². The highest BCUT2D eigenvalue weighted by Crippen LogP contribution is 2.07. The van der Waals surface area contributed by atoms with Gasteiger partial charge in [-0.3, -0.25) is 19.2 Å². The van der Waals surface area contributed by atoms with Gasteiger partial charge in [-0.15, -0.1) is 0 Å². The number of carbonyl (C=O) groups excluding carboxylic acids is 3. The number of hydrogen-bond donors (Lipinski definition) is 5. The molecule has 3 amide bonds. The van der Waals surface area contributed by atoms with Gasteiger partial charge in [-0.25, -0.2) is 0 Å². The number of aliphatic carboxylic acids is 1. The monoisotopic (exact) mass is 420 g/mol. The predicted molar refractivity (Wildman–Crippen MR) is 112 cm³/mol. The van der Waals surface area contributed by atoms with Crippen LogP contribution in [-0.4, -0.2) is 53.0 Å². The lowest BCUT2D eigenvalue weighted by molar-refractivity contribution is -0.141. The number of rotatable bonds is 11. The van der Waals surface area contributed by atoms with Crippen LogP contribution in [0.5, 0.6) is 0 Å². The summed E-state index contributed by atoms with van der Waals surface area (Å²) in [6.07, 6.45) is 0.883. The zero-order valence-electron chi connectivity index (χ0n) is 17.8. The van der Waals surface area contributed by atoms with E-state index in [9.17, 15) is 19.2 Å². The van der Waals surface area contributed by atoms with Gasteiger partial charge in [-0.05, 0) is 25.3 Å². The molecule has 1 aromatic carbocycles. The Balaban J connectivity index is 2.85. The maximum atomic E-state index is 12.6. The van der Waals surface area contributed by atoms with Crippen LogP contribution in [0.2, 0.25) is 0 Å². The zero-order valence-corrected chi connectivity index (χ0v) is 17.8. The van der Waals surface area contributed by atoms with Gasteiger partial charge in [0.15, 0.2) is 0 Å². The van der Waals surface area contributed by atoms with Crippen LogP contribution in [0.3, 0.4) is 0 Å². The van der Waals surface area contributed by atoms with Crippen LogP contribution in [0.4, 0.5) is 0 Å². The molecule has 0 spiro atoms. The fourth-order valence-corrected chi connectivity index (χ4v) is 2.62. The highest BCUT2D eigenvalue weighted by Gasteiger charge is 2.28. The molecule has 166 valence electrons. The smallest absolute Gasteiger partial charge is 0.325 e. The largest absolute Gasteiger partial charge is 0.480 e. The molecule has 0 saturated carbocycles. The van der Waals surface area contributed by atoms with E-state index in [1.165, 1.54) is 13.8 Å². The van der Waals surface area contributed by atoms with E-state index in [0.29, 0.717) is 0 Å². The van der Waals surface area contributed by atoms with Crippen molar-refractivity contribution in [2.45, 2.75) is 64.7 Å². The van der Waals surface area contributed by atoms with E-state index in [1.54, 1.807) is 24.3 Å². The molecule has 0 heterocycles. The molecule has 30 heavy (non-hydrogen) atoms. The van der Waals surface area contributed by atoms with Crippen molar-refractivity contribution in [1.29, 1.82) is 0 Å². The summed E-state index contributed by atoms with van der Waals surface area (Å²) in [5, 5.41) is 16.5. The summed E-state index contributed by atoms with van der Waals surface area (Å²) in [6, 6.07) is 5.22. The Morgan fingerprint density at radius 1 is 0.900 bits per heavy atom. The average Bonchev–Trinajstić information content (AvgIpc) is 2.72. The summed E-state index contributed by atoms with van der Waals surface area (Å²) >= 11 is 0. The lowest BCUT2D eigenvalue weighted by atomic mass is 9.99. The van der Waals surface area contributed by atoms with E-state index in [1.807, 2.05) is 19.9 Å². The molecular weight excluding hydrogens is 388 g/mol. The Kier molecular flexibility index (Phi) is 9.97. The number of nitrogens with two attached hydrogens (primary N) is 1. The predicted octanol–water partition coefficient (Wildman–Crippen LogP) is 0.181. The highest BCUT2D eigenvalue weighted by atomic mass is 16.4. The minimum absolute atomic E-state index is 0.0469. The normalized spacial score (nSPS) is 15.8. The van der Waals surface area contributed by atoms with Crippen molar-refractivity contribution in [3.8, 4) is 0 Å². The molecule has 6 N–H and O–H groups in total. The number of hydrogen-bond acceptors (Lipinski definition) is 5. The lowest BCUT2D eigenvalue weighted by Gasteiger charge is -2.24. The molecule has 0 fully saturated rings. The molecule has 0 aliphatic heterocycles. The first-order valence-corrected chi connectivity index (χ1v) is 10.00. The van der Waals surface area contributed by atoms with Crippen molar-refractivity contribution in [3.63, 3.8) is 0 Å². The van der Waals surface area contributed by atoms with E-state index in [0.717, 1.165) is 12.0 Å². The number of carbonyl (C=O) groups is 4. The van der Waals surface area contributed by atoms with Crippen molar-refractivity contribution in [2.75, 3.05) is 0 Å². The summed E-state index contributed by atoms with van der Waals surface area (Å²) in [5.74, 6) is -2.88. The Morgan fingerprint density at radius 3 is 2.00 bits per heavy atom. The summed E-state index contributed by atoms with van der Waals surface area (Å²) in [7, 11) is 0. The summed E-state index contributed by atoms with van der Waals surface area (Å²) in [6.45, 7) is 6.59. The van der Waals surface area contributed by atoms with Crippen LogP contribution in [0, 0.1) is 5.92 Å². The number of nitrogens with one attached hydrogen (secondary N) is 3. The number of benzene rings is 1. The highest BCUT2D eigenvalue weighted by molar-refractivity contribution is 5.94. The van der Waals surface area contributed by atoms with Crippen LogP contribution in [0.25, 0.3) is 0 Å². The van der Waals surface area contributed by atoms with Gasteiger partial charge in [-0.1, -0.05) is 50.6 Å². The Labute approximate surface area is 176 Å². The van der Waals surface area contributed by atoms with Crippen LogP contribution >= 0.6 is 0 Å². The molecule has 9 nitrogen and oxygen atoms in total. The third-order valence-electron chi connectivity index (χ3n) is 4.96. The standard InChI is InChI=1S/C21H32N4O5/c1-5-12(2)17(22)20(28)23-13(3)18(26)25-16(11-15-9-7-6-8-10-15)19(27)24-14(4)21(29)30/h6-10,12-14,16-17H,5,11,22H2,1-4H3,(H,23,28)(H,24,27)(H,25,26)(H,29,30). The van der Waals surface area contributed by atoms with Crippen LogP contribution in [0.15, 0.2) is 30.3 Å². The molecule has 1 rings (SSSR count). The maximum absolute atomic E-state index is 12.6. The third kappa shape index (κ3) is 7.82. The van der Waals surface area contributed by atoms with E-state index in [4.69, 9.17) is 10.8 Å². The van der Waals surface area contributed by atoms with Gasteiger partial charge < -0.3 is 26.8 Å². The Hall–Kier alpha value is -2.94. The molecule has 1 aromatic rings. The molecule has 0 saturated heterocycles. The molecule has 0 bridgehead atoms. The van der Waals surface area contributed by atoms with Crippen molar-refractivity contribution in [2.24, 2.45) is 11.7 Å². The van der Waals surface area contributed by atoms with Crippen LogP contribution in [0.1, 0.15) is 39.7 Å². The second-order valence-corrected chi connectivity index (χ2v) is 7.46. The van der Waals surface area contributed by atoms with E-state index in [-0.39, 0.29) is 12.3 Å². The molecular formula is C21H32N4O5. The van der Waals surface area contributed by atoms with E-state index < -0.39 is 47.9 Å². The first kappa shape index (κ1) is 25.1. The lowest BCUT2D eigenvalue weighted by Crippen LogP contribution is -2.57. The minimum atomic E-state index is -1.19. The molecule has 5 unspecified atom stereocenters. The third-order valence-corrected chi connectivity index (χ3v) is 4.96. The topological polar surface area (TPSA) is 151 Å². The van der Waals surface area contributed by atoms with Gasteiger partial charge in [-0.2, -0.15) is 0 Å². The van der Waals surface area contributed by atoms with Gasteiger partial charge in [0.1, 0.15) is 18.1 Å². The number of carboxylic acids is 1. The number of amides is 3. The Bertz CT molecular complexity index is 740. The second-order valence-electron chi connectivity index (χ2n) is 7.46. The molecule has 0 radical (unpaired) electrons. The average molecular weight is 421 g/mol. The maximum Gasteiger partial charge on any atom is 0.325 e. The van der Waals surface area contributed by atoms with Gasteiger partial charge in [0, 0.05) is 6.42 Å². The quantitative estimate of drug-likeness (QED) is 0.345. The zero-order chi connectivity index (χ0) is 22.8. The molecule has 0 aromatic heterocycles. The first-order chi connectivity index (χ1) is 14.1.